The van der Waals surface area contributed by atoms with Gasteiger partial charge in [0, 0.05) is 44.7 Å². The highest BCUT2D eigenvalue weighted by Gasteiger charge is 2.23. The molecule has 7 nitrogen and oxygen atoms in total. The van der Waals surface area contributed by atoms with Crippen LogP contribution in [0, 0.1) is 5.92 Å². The minimum atomic E-state index is -0.238. The lowest BCUT2D eigenvalue weighted by Gasteiger charge is -2.34. The molecule has 0 radical (unpaired) electrons. The number of nitrogens with two attached hydrogens (primary N) is 1. The summed E-state index contributed by atoms with van der Waals surface area (Å²) in [5.74, 6) is 0.978. The van der Waals surface area contributed by atoms with Gasteiger partial charge in [-0.25, -0.2) is 4.99 Å². The molecule has 1 saturated heterocycles. The molecule has 7 heteroatoms. The van der Waals surface area contributed by atoms with Gasteiger partial charge in [0.25, 0.3) is 5.91 Å². The summed E-state index contributed by atoms with van der Waals surface area (Å²) in [5, 5.41) is 3.36. The normalized spacial score (nSPS) is 17.1. The monoisotopic (exact) mass is 401 g/mol. The maximum absolute atomic E-state index is 12.4. The fourth-order valence-corrected chi connectivity index (χ4v) is 3.75. The Morgan fingerprint density at radius 2 is 1.90 bits per heavy atom. The number of likely N-dealkylation sites (tertiary alicyclic amines) is 1. The zero-order valence-corrected chi connectivity index (χ0v) is 18.0. The van der Waals surface area contributed by atoms with E-state index in [-0.39, 0.29) is 17.7 Å². The zero-order valence-electron chi connectivity index (χ0n) is 18.0. The smallest absolute Gasteiger partial charge is 0.253 e. The topological polar surface area (TPSA) is 91.0 Å². The molecule has 2 amide bonds. The molecule has 29 heavy (non-hydrogen) atoms. The Morgan fingerprint density at radius 3 is 2.48 bits per heavy atom. The van der Waals surface area contributed by atoms with Crippen LogP contribution in [0.4, 0.5) is 0 Å². The average Bonchev–Trinajstić information content (AvgIpc) is 2.72. The SMILES string of the molecule is CCNC(=NCc1ccc(C(=O)N(CC)CC)cc1)N1CCCC(CC(N)=O)C1. The average molecular weight is 402 g/mol. The van der Waals surface area contributed by atoms with Crippen LogP contribution in [-0.2, 0) is 11.3 Å². The number of piperidine rings is 1. The maximum atomic E-state index is 12.4. The largest absolute Gasteiger partial charge is 0.370 e. The first kappa shape index (κ1) is 22.7. The van der Waals surface area contributed by atoms with Crippen LogP contribution >= 0.6 is 0 Å². The molecule has 3 N–H and O–H groups in total. The van der Waals surface area contributed by atoms with Gasteiger partial charge < -0.3 is 20.9 Å². The highest BCUT2D eigenvalue weighted by atomic mass is 16.2. The van der Waals surface area contributed by atoms with Crippen LogP contribution < -0.4 is 11.1 Å². The van der Waals surface area contributed by atoms with Crippen molar-refractivity contribution >= 4 is 17.8 Å². The van der Waals surface area contributed by atoms with Crippen LogP contribution in [0.1, 0.15) is 56.0 Å². The standard InChI is InChI=1S/C22H35N5O2/c1-4-24-22(27-13-7-8-18(16-27)14-20(23)28)25-15-17-9-11-19(12-10-17)21(29)26(5-2)6-3/h9-12,18H,4-8,13-16H2,1-3H3,(H2,23,28)(H,24,25). The molecule has 0 bridgehead atoms. The molecule has 0 spiro atoms. The molecule has 1 unspecified atom stereocenters. The zero-order chi connectivity index (χ0) is 21.2. The number of carbonyl (C=O) groups is 2. The van der Waals surface area contributed by atoms with Gasteiger partial charge >= 0.3 is 0 Å². The fourth-order valence-electron chi connectivity index (χ4n) is 3.75. The first-order valence-corrected chi connectivity index (χ1v) is 10.7. The van der Waals surface area contributed by atoms with E-state index in [9.17, 15) is 9.59 Å². The van der Waals surface area contributed by atoms with Gasteiger partial charge in [-0.3, -0.25) is 9.59 Å². The predicted octanol–water partition coefficient (Wildman–Crippen LogP) is 2.22. The summed E-state index contributed by atoms with van der Waals surface area (Å²) >= 11 is 0. The number of carbonyl (C=O) groups excluding carboxylic acids is 2. The van der Waals surface area contributed by atoms with E-state index in [1.54, 1.807) is 0 Å². The van der Waals surface area contributed by atoms with Crippen molar-refractivity contribution in [3.05, 3.63) is 35.4 Å². The molecule has 1 fully saturated rings. The third-order valence-electron chi connectivity index (χ3n) is 5.31. The van der Waals surface area contributed by atoms with E-state index in [1.807, 2.05) is 49.9 Å². The summed E-state index contributed by atoms with van der Waals surface area (Å²) in [7, 11) is 0. The van der Waals surface area contributed by atoms with Crippen LogP contribution in [0.15, 0.2) is 29.3 Å². The van der Waals surface area contributed by atoms with Gasteiger partial charge in [-0.15, -0.1) is 0 Å². The molecular formula is C22H35N5O2. The lowest BCUT2D eigenvalue weighted by molar-refractivity contribution is -0.119. The van der Waals surface area contributed by atoms with Crippen molar-refractivity contribution in [2.24, 2.45) is 16.6 Å². The van der Waals surface area contributed by atoms with Gasteiger partial charge in [-0.1, -0.05) is 12.1 Å². The number of amides is 2. The van der Waals surface area contributed by atoms with Crippen molar-refractivity contribution in [3.63, 3.8) is 0 Å². The van der Waals surface area contributed by atoms with E-state index in [4.69, 9.17) is 10.7 Å². The third-order valence-corrected chi connectivity index (χ3v) is 5.31. The van der Waals surface area contributed by atoms with Crippen molar-refractivity contribution < 1.29 is 9.59 Å². The van der Waals surface area contributed by atoms with Gasteiger partial charge in [-0.05, 0) is 57.2 Å². The second-order valence-corrected chi connectivity index (χ2v) is 7.47. The first-order chi connectivity index (χ1) is 14.0. The lowest BCUT2D eigenvalue weighted by Crippen LogP contribution is -2.47. The van der Waals surface area contributed by atoms with E-state index in [2.05, 4.69) is 10.2 Å². The molecule has 1 aromatic rings. The van der Waals surface area contributed by atoms with Crippen molar-refractivity contribution in [3.8, 4) is 0 Å². The van der Waals surface area contributed by atoms with E-state index < -0.39 is 0 Å². The first-order valence-electron chi connectivity index (χ1n) is 10.7. The Kier molecular flexibility index (Phi) is 8.96. The van der Waals surface area contributed by atoms with Crippen LogP contribution in [0.25, 0.3) is 0 Å². The Hall–Kier alpha value is -2.57. The summed E-state index contributed by atoms with van der Waals surface area (Å²) in [6.45, 7) is 10.5. The van der Waals surface area contributed by atoms with Gasteiger partial charge in [0.15, 0.2) is 5.96 Å². The van der Waals surface area contributed by atoms with Crippen molar-refractivity contribution in [1.29, 1.82) is 0 Å². The van der Waals surface area contributed by atoms with Gasteiger partial charge in [-0.2, -0.15) is 0 Å². The number of hydrogen-bond acceptors (Lipinski definition) is 3. The molecule has 1 aromatic carbocycles. The van der Waals surface area contributed by atoms with Gasteiger partial charge in [0.2, 0.25) is 5.91 Å². The summed E-state index contributed by atoms with van der Waals surface area (Å²) in [5.41, 5.74) is 7.14. The minimum absolute atomic E-state index is 0.0622. The number of nitrogens with one attached hydrogen (secondary N) is 1. The molecule has 1 atom stereocenters. The quantitative estimate of drug-likeness (QED) is 0.516. The van der Waals surface area contributed by atoms with Gasteiger partial charge in [0.1, 0.15) is 0 Å². The summed E-state index contributed by atoms with van der Waals surface area (Å²) in [4.78, 5) is 32.5. The molecule has 0 aromatic heterocycles. The Balaban J connectivity index is 2.04. The van der Waals surface area contributed by atoms with E-state index in [0.29, 0.717) is 31.6 Å². The van der Waals surface area contributed by atoms with Crippen LogP contribution in [0.3, 0.4) is 0 Å². The molecular weight excluding hydrogens is 366 g/mol. The molecule has 2 rings (SSSR count). The number of guanidine groups is 1. The van der Waals surface area contributed by atoms with Crippen LogP contribution in [0.2, 0.25) is 0 Å². The Morgan fingerprint density at radius 1 is 1.21 bits per heavy atom. The number of aliphatic imine (C=N–C) groups is 1. The Bertz CT molecular complexity index is 698. The van der Waals surface area contributed by atoms with Crippen molar-refractivity contribution in [1.82, 2.24) is 15.1 Å². The second kappa shape index (κ2) is 11.4. The minimum Gasteiger partial charge on any atom is -0.370 e. The van der Waals surface area contributed by atoms with Crippen molar-refractivity contribution in [2.75, 3.05) is 32.7 Å². The number of primary amides is 1. The summed E-state index contributed by atoms with van der Waals surface area (Å²) in [6.07, 6.45) is 2.49. The third kappa shape index (κ3) is 6.76. The second-order valence-electron chi connectivity index (χ2n) is 7.47. The molecule has 1 heterocycles. The van der Waals surface area contributed by atoms with E-state index in [1.165, 1.54) is 0 Å². The predicted molar refractivity (Wildman–Crippen MR) is 117 cm³/mol. The summed E-state index contributed by atoms with van der Waals surface area (Å²) in [6, 6.07) is 7.69. The number of nitrogens with zero attached hydrogens (tertiary/aromatic N) is 3. The van der Waals surface area contributed by atoms with E-state index >= 15 is 0 Å². The van der Waals surface area contributed by atoms with Gasteiger partial charge in [0.05, 0.1) is 6.54 Å². The van der Waals surface area contributed by atoms with E-state index in [0.717, 1.165) is 44.0 Å². The van der Waals surface area contributed by atoms with Crippen LogP contribution in [0.5, 0.6) is 0 Å². The number of hydrogen-bond donors (Lipinski definition) is 2. The molecule has 0 aliphatic carbocycles. The lowest BCUT2D eigenvalue weighted by atomic mass is 9.95. The highest BCUT2D eigenvalue weighted by molar-refractivity contribution is 5.94. The molecule has 0 saturated carbocycles. The number of benzene rings is 1. The molecule has 1 aliphatic heterocycles. The molecule has 1 aliphatic rings. The fraction of sp³-hybridized carbons (Fsp3) is 0.591. The van der Waals surface area contributed by atoms with Crippen molar-refractivity contribution in [2.45, 2.75) is 46.6 Å². The highest BCUT2D eigenvalue weighted by Crippen LogP contribution is 2.19. The summed E-state index contributed by atoms with van der Waals surface area (Å²) < 4.78 is 0. The maximum Gasteiger partial charge on any atom is 0.253 e. The Labute approximate surface area is 174 Å². The van der Waals surface area contributed by atoms with Crippen LogP contribution in [-0.4, -0.2) is 60.3 Å². The molecule has 160 valence electrons. The number of rotatable bonds is 8.